The van der Waals surface area contributed by atoms with Crippen LogP contribution in [0.5, 0.6) is 0 Å². The van der Waals surface area contributed by atoms with Gasteiger partial charge in [-0.2, -0.15) is 10.2 Å². The lowest BCUT2D eigenvalue weighted by Gasteiger charge is -2.04. The number of hydrogen-bond donors (Lipinski definition) is 1. The third-order valence-corrected chi connectivity index (χ3v) is 2.77. The lowest BCUT2D eigenvalue weighted by atomic mass is 10.3. The number of hydrogen-bond acceptors (Lipinski definition) is 3. The van der Waals surface area contributed by atoms with Gasteiger partial charge in [-0.15, -0.1) is 0 Å². The molecule has 2 heterocycles. The summed E-state index contributed by atoms with van der Waals surface area (Å²) in [5.74, 6) is 0.919. The van der Waals surface area contributed by atoms with E-state index in [9.17, 15) is 0 Å². The van der Waals surface area contributed by atoms with E-state index in [2.05, 4.69) is 15.3 Å². The van der Waals surface area contributed by atoms with Gasteiger partial charge < -0.3 is 4.57 Å². The molecule has 15 heavy (non-hydrogen) atoms. The van der Waals surface area contributed by atoms with Crippen LogP contribution in [0.15, 0.2) is 12.3 Å². The Morgan fingerprint density at radius 3 is 2.87 bits per heavy atom. The monoisotopic (exact) mass is 223 g/mol. The molecule has 0 aromatic carbocycles. The summed E-state index contributed by atoms with van der Waals surface area (Å²) in [6.07, 6.45) is 2.71. The zero-order valence-electron chi connectivity index (χ0n) is 8.77. The highest BCUT2D eigenvalue weighted by Crippen LogP contribution is 2.02. The molecule has 0 aliphatic heterocycles. The molecule has 6 heteroatoms. The van der Waals surface area contributed by atoms with Gasteiger partial charge in [-0.1, -0.05) is 0 Å². The minimum atomic E-state index is 0.676. The van der Waals surface area contributed by atoms with Gasteiger partial charge in [0, 0.05) is 31.9 Å². The number of aryl methyl sites for hydroxylation is 3. The molecule has 80 valence electrons. The summed E-state index contributed by atoms with van der Waals surface area (Å²) in [5.41, 5.74) is 1.19. The first-order chi connectivity index (χ1) is 7.18. The fourth-order valence-electron chi connectivity index (χ4n) is 1.53. The predicted molar refractivity (Wildman–Crippen MR) is 59.1 cm³/mol. The highest BCUT2D eigenvalue weighted by atomic mass is 32.1. The third kappa shape index (κ3) is 1.99. The lowest BCUT2D eigenvalue weighted by Crippen LogP contribution is -2.07. The molecule has 1 N–H and O–H groups in total. The molecule has 0 aliphatic rings. The van der Waals surface area contributed by atoms with Crippen molar-refractivity contribution < 1.29 is 0 Å². The fraction of sp³-hybridized carbons (Fsp3) is 0.444. The van der Waals surface area contributed by atoms with Crippen LogP contribution in [0.2, 0.25) is 0 Å². The summed E-state index contributed by atoms with van der Waals surface area (Å²) in [6.45, 7) is 2.77. The Morgan fingerprint density at radius 1 is 1.53 bits per heavy atom. The Morgan fingerprint density at radius 2 is 2.33 bits per heavy atom. The molecule has 0 radical (unpaired) electrons. The van der Waals surface area contributed by atoms with E-state index in [4.69, 9.17) is 12.2 Å². The van der Waals surface area contributed by atoms with E-state index in [0.29, 0.717) is 4.77 Å². The van der Waals surface area contributed by atoms with Gasteiger partial charge in [-0.05, 0) is 25.2 Å². The largest absolute Gasteiger partial charge is 0.304 e. The van der Waals surface area contributed by atoms with E-state index in [-0.39, 0.29) is 0 Å². The summed E-state index contributed by atoms with van der Waals surface area (Å²) >= 11 is 5.12. The first-order valence-corrected chi connectivity index (χ1v) is 5.18. The molecule has 0 aliphatic carbocycles. The number of nitrogens with one attached hydrogen (secondary N) is 1. The summed E-state index contributed by atoms with van der Waals surface area (Å²) in [5, 5.41) is 11.0. The van der Waals surface area contributed by atoms with E-state index in [0.717, 1.165) is 18.8 Å². The van der Waals surface area contributed by atoms with Crippen LogP contribution >= 0.6 is 12.2 Å². The maximum Gasteiger partial charge on any atom is 0.195 e. The van der Waals surface area contributed by atoms with Crippen LogP contribution in [-0.4, -0.2) is 24.5 Å². The molecular weight excluding hydrogens is 210 g/mol. The van der Waals surface area contributed by atoms with Crippen molar-refractivity contribution in [3.8, 4) is 0 Å². The molecule has 0 fully saturated rings. The SMILES string of the molecule is Cc1n[nH]c(=S)n1CCc1ccnn1C. The van der Waals surface area contributed by atoms with E-state index >= 15 is 0 Å². The van der Waals surface area contributed by atoms with Crippen molar-refractivity contribution in [2.24, 2.45) is 7.05 Å². The van der Waals surface area contributed by atoms with E-state index in [1.807, 2.05) is 29.3 Å². The molecule has 0 spiro atoms. The van der Waals surface area contributed by atoms with Crippen LogP contribution < -0.4 is 0 Å². The van der Waals surface area contributed by atoms with Gasteiger partial charge in [-0.3, -0.25) is 9.78 Å². The standard InChI is InChI=1S/C9H13N5S/c1-7-11-12-9(15)14(7)6-4-8-3-5-10-13(8)2/h3,5H,4,6H2,1-2H3,(H,12,15). The van der Waals surface area contributed by atoms with Gasteiger partial charge in [0.15, 0.2) is 4.77 Å². The van der Waals surface area contributed by atoms with Gasteiger partial charge >= 0.3 is 0 Å². The minimum Gasteiger partial charge on any atom is -0.304 e. The van der Waals surface area contributed by atoms with Crippen LogP contribution in [0.3, 0.4) is 0 Å². The van der Waals surface area contributed by atoms with Gasteiger partial charge in [0.2, 0.25) is 0 Å². The first kappa shape index (κ1) is 10.1. The van der Waals surface area contributed by atoms with Crippen LogP contribution in [0.4, 0.5) is 0 Å². The Balaban J connectivity index is 2.12. The van der Waals surface area contributed by atoms with E-state index in [1.165, 1.54) is 5.69 Å². The molecule has 0 saturated heterocycles. The average molecular weight is 223 g/mol. The smallest absolute Gasteiger partial charge is 0.195 e. The van der Waals surface area contributed by atoms with Crippen molar-refractivity contribution in [3.05, 3.63) is 28.6 Å². The van der Waals surface area contributed by atoms with Crippen molar-refractivity contribution in [2.75, 3.05) is 0 Å². The summed E-state index contributed by atoms with van der Waals surface area (Å²) in [4.78, 5) is 0. The maximum atomic E-state index is 5.12. The second-order valence-electron chi connectivity index (χ2n) is 3.42. The summed E-state index contributed by atoms with van der Waals surface area (Å²) in [7, 11) is 1.94. The molecule has 0 atom stereocenters. The van der Waals surface area contributed by atoms with Crippen LogP contribution in [0, 0.1) is 11.7 Å². The van der Waals surface area contributed by atoms with Crippen molar-refractivity contribution in [2.45, 2.75) is 19.9 Å². The predicted octanol–water partition coefficient (Wildman–Crippen LogP) is 1.23. The highest BCUT2D eigenvalue weighted by Gasteiger charge is 2.03. The van der Waals surface area contributed by atoms with E-state index < -0.39 is 0 Å². The zero-order chi connectivity index (χ0) is 10.8. The molecule has 0 unspecified atom stereocenters. The molecule has 2 aromatic rings. The average Bonchev–Trinajstić information content (AvgIpc) is 2.73. The summed E-state index contributed by atoms with van der Waals surface area (Å²) in [6, 6.07) is 2.01. The van der Waals surface area contributed by atoms with E-state index in [1.54, 1.807) is 6.20 Å². The van der Waals surface area contributed by atoms with Crippen LogP contribution in [0.1, 0.15) is 11.5 Å². The Labute approximate surface area is 92.7 Å². The van der Waals surface area contributed by atoms with Gasteiger partial charge in [0.25, 0.3) is 0 Å². The number of H-pyrrole nitrogens is 1. The second-order valence-corrected chi connectivity index (χ2v) is 3.81. The van der Waals surface area contributed by atoms with Crippen LogP contribution in [-0.2, 0) is 20.0 Å². The van der Waals surface area contributed by atoms with Crippen molar-refractivity contribution in [1.29, 1.82) is 0 Å². The molecule has 0 amide bonds. The third-order valence-electron chi connectivity index (χ3n) is 2.46. The van der Waals surface area contributed by atoms with Gasteiger partial charge in [-0.25, -0.2) is 0 Å². The maximum absolute atomic E-state index is 5.12. The number of aromatic amines is 1. The molecule has 0 saturated carbocycles. The van der Waals surface area contributed by atoms with Crippen molar-refractivity contribution in [3.63, 3.8) is 0 Å². The second kappa shape index (κ2) is 3.98. The molecule has 2 rings (SSSR count). The molecule has 2 aromatic heterocycles. The highest BCUT2D eigenvalue weighted by molar-refractivity contribution is 7.71. The fourth-order valence-corrected chi connectivity index (χ4v) is 1.80. The Kier molecular flexibility index (Phi) is 2.68. The topological polar surface area (TPSA) is 51.4 Å². The lowest BCUT2D eigenvalue weighted by molar-refractivity contribution is 0.620. The van der Waals surface area contributed by atoms with Gasteiger partial charge in [0.1, 0.15) is 5.82 Å². The molecule has 0 bridgehead atoms. The van der Waals surface area contributed by atoms with Crippen LogP contribution in [0.25, 0.3) is 0 Å². The van der Waals surface area contributed by atoms with Crippen molar-refractivity contribution >= 4 is 12.2 Å². The quantitative estimate of drug-likeness (QED) is 0.796. The zero-order valence-corrected chi connectivity index (χ0v) is 9.58. The summed E-state index contributed by atoms with van der Waals surface area (Å²) < 4.78 is 4.54. The number of nitrogens with zero attached hydrogens (tertiary/aromatic N) is 4. The normalized spacial score (nSPS) is 10.8. The number of rotatable bonds is 3. The first-order valence-electron chi connectivity index (χ1n) is 4.77. The molecule has 5 nitrogen and oxygen atoms in total. The Hall–Kier alpha value is -1.43. The van der Waals surface area contributed by atoms with Crippen molar-refractivity contribution in [1.82, 2.24) is 24.5 Å². The number of aromatic nitrogens is 5. The molecular formula is C9H13N5S. The Bertz CT molecular complexity index is 507. The minimum absolute atomic E-state index is 0.676. The van der Waals surface area contributed by atoms with Gasteiger partial charge in [0.05, 0.1) is 0 Å².